The van der Waals surface area contributed by atoms with Crippen LogP contribution in [0.2, 0.25) is 0 Å². The van der Waals surface area contributed by atoms with Gasteiger partial charge >= 0.3 is 0 Å². The number of nitrogens with one attached hydrogen (secondary N) is 2. The summed E-state index contributed by atoms with van der Waals surface area (Å²) in [6, 6.07) is 7.46. The molecule has 102 valence electrons. The summed E-state index contributed by atoms with van der Waals surface area (Å²) in [5, 5.41) is 6.99. The zero-order chi connectivity index (χ0) is 12.5. The predicted molar refractivity (Wildman–Crippen MR) is 79.9 cm³/mol. The van der Waals surface area contributed by atoms with Gasteiger partial charge in [0.05, 0.1) is 0 Å². The summed E-state index contributed by atoms with van der Waals surface area (Å²) in [6.45, 7) is 2.66. The Morgan fingerprint density at radius 2 is 2.21 bits per heavy atom. The van der Waals surface area contributed by atoms with Crippen LogP contribution in [-0.4, -0.2) is 25.5 Å². The molecule has 1 aromatic heterocycles. The summed E-state index contributed by atoms with van der Waals surface area (Å²) in [5.74, 6) is 0.775. The van der Waals surface area contributed by atoms with E-state index in [0.717, 1.165) is 28.5 Å². The third kappa shape index (κ3) is 3.11. The molecule has 3 rings (SSSR count). The third-order valence-corrected chi connectivity index (χ3v) is 3.61. The highest BCUT2D eigenvalue weighted by atomic mass is 79.9. The van der Waals surface area contributed by atoms with E-state index in [2.05, 4.69) is 26.6 Å². The van der Waals surface area contributed by atoms with Crippen molar-refractivity contribution in [3.05, 3.63) is 34.5 Å². The number of amides is 1. The number of carbonyl (C=O) groups excluding carboxylic acids is 1. The van der Waals surface area contributed by atoms with Crippen molar-refractivity contribution in [2.24, 2.45) is 5.92 Å². The number of rotatable bonds is 3. The van der Waals surface area contributed by atoms with Gasteiger partial charge in [0.1, 0.15) is 5.58 Å². The Kier molecular flexibility index (Phi) is 4.50. The molecular weight excluding hydrogens is 332 g/mol. The lowest BCUT2D eigenvalue weighted by Crippen LogP contribution is -2.48. The summed E-state index contributed by atoms with van der Waals surface area (Å²) < 4.78 is 6.50. The first-order valence-electron chi connectivity index (χ1n) is 5.90. The standard InChI is InChI=1S/C13H13BrN2O2.ClH/c14-10-1-2-11-9(3-10)4-12(18-11)13(17)16-7-8-5-15-6-8;/h1-4,8,15H,5-7H2,(H,16,17);1H. The zero-order valence-corrected chi connectivity index (χ0v) is 12.5. The number of halogens is 2. The smallest absolute Gasteiger partial charge is 0.287 e. The van der Waals surface area contributed by atoms with Gasteiger partial charge in [-0.15, -0.1) is 12.4 Å². The van der Waals surface area contributed by atoms with E-state index in [9.17, 15) is 4.79 Å². The van der Waals surface area contributed by atoms with E-state index in [1.54, 1.807) is 6.07 Å². The highest BCUT2D eigenvalue weighted by Gasteiger charge is 2.19. The molecule has 2 heterocycles. The molecule has 1 aliphatic heterocycles. The highest BCUT2D eigenvalue weighted by Crippen LogP contribution is 2.23. The zero-order valence-electron chi connectivity index (χ0n) is 10.1. The molecule has 1 saturated heterocycles. The van der Waals surface area contributed by atoms with Crippen LogP contribution in [0.4, 0.5) is 0 Å². The Labute approximate surface area is 125 Å². The van der Waals surface area contributed by atoms with Crippen molar-refractivity contribution in [2.75, 3.05) is 19.6 Å². The average Bonchev–Trinajstić information content (AvgIpc) is 2.69. The summed E-state index contributed by atoms with van der Waals surface area (Å²) in [4.78, 5) is 11.9. The van der Waals surface area contributed by atoms with Gasteiger partial charge in [0.2, 0.25) is 0 Å². The molecule has 2 aromatic rings. The summed E-state index contributed by atoms with van der Waals surface area (Å²) in [6.07, 6.45) is 0. The Balaban J connectivity index is 0.00000133. The Hall–Kier alpha value is -1.04. The molecule has 6 heteroatoms. The maximum Gasteiger partial charge on any atom is 0.287 e. The molecule has 1 aliphatic rings. The second-order valence-electron chi connectivity index (χ2n) is 4.53. The molecule has 0 unspecified atom stereocenters. The number of carbonyl (C=O) groups is 1. The second kappa shape index (κ2) is 5.94. The number of benzene rings is 1. The van der Waals surface area contributed by atoms with Gasteiger partial charge in [-0.05, 0) is 24.3 Å². The normalized spacial score (nSPS) is 14.8. The van der Waals surface area contributed by atoms with E-state index in [4.69, 9.17) is 4.42 Å². The van der Waals surface area contributed by atoms with Crippen molar-refractivity contribution in [3.63, 3.8) is 0 Å². The molecule has 0 spiro atoms. The minimum absolute atomic E-state index is 0. The molecule has 19 heavy (non-hydrogen) atoms. The van der Waals surface area contributed by atoms with E-state index < -0.39 is 0 Å². The highest BCUT2D eigenvalue weighted by molar-refractivity contribution is 9.10. The minimum atomic E-state index is -0.144. The fourth-order valence-electron chi connectivity index (χ4n) is 1.94. The van der Waals surface area contributed by atoms with Crippen molar-refractivity contribution in [2.45, 2.75) is 0 Å². The lowest BCUT2D eigenvalue weighted by molar-refractivity contribution is 0.0916. The molecule has 0 radical (unpaired) electrons. The van der Waals surface area contributed by atoms with Crippen molar-refractivity contribution >= 4 is 45.2 Å². The first-order chi connectivity index (χ1) is 8.72. The number of hydrogen-bond acceptors (Lipinski definition) is 3. The molecular formula is C13H14BrClN2O2. The van der Waals surface area contributed by atoms with Crippen LogP contribution in [0, 0.1) is 5.92 Å². The van der Waals surface area contributed by atoms with Gasteiger partial charge in [0.15, 0.2) is 5.76 Å². The SMILES string of the molecule is Cl.O=C(NCC1CNC1)c1cc2cc(Br)ccc2o1. The first-order valence-corrected chi connectivity index (χ1v) is 6.70. The summed E-state index contributed by atoms with van der Waals surface area (Å²) >= 11 is 3.40. The van der Waals surface area contributed by atoms with E-state index in [1.807, 2.05) is 18.2 Å². The van der Waals surface area contributed by atoms with Gasteiger partial charge in [-0.3, -0.25) is 4.79 Å². The van der Waals surface area contributed by atoms with Gasteiger partial charge in [-0.2, -0.15) is 0 Å². The monoisotopic (exact) mass is 344 g/mol. The van der Waals surface area contributed by atoms with Gasteiger partial charge in [-0.25, -0.2) is 0 Å². The van der Waals surface area contributed by atoms with E-state index in [0.29, 0.717) is 18.2 Å². The number of hydrogen-bond donors (Lipinski definition) is 2. The molecule has 0 atom stereocenters. The van der Waals surface area contributed by atoms with Crippen LogP contribution in [0.25, 0.3) is 11.0 Å². The predicted octanol–water partition coefficient (Wildman–Crippen LogP) is 2.57. The number of furan rings is 1. The van der Waals surface area contributed by atoms with Crippen molar-refractivity contribution in [1.29, 1.82) is 0 Å². The topological polar surface area (TPSA) is 54.3 Å². The van der Waals surface area contributed by atoms with Gasteiger partial charge in [-0.1, -0.05) is 15.9 Å². The molecule has 0 aliphatic carbocycles. The molecule has 0 bridgehead atoms. The van der Waals surface area contributed by atoms with Gasteiger partial charge in [0.25, 0.3) is 5.91 Å². The minimum Gasteiger partial charge on any atom is -0.451 e. The maximum absolute atomic E-state index is 11.9. The van der Waals surface area contributed by atoms with Gasteiger partial charge in [0, 0.05) is 35.4 Å². The third-order valence-electron chi connectivity index (χ3n) is 3.12. The fraction of sp³-hybridized carbons (Fsp3) is 0.308. The summed E-state index contributed by atoms with van der Waals surface area (Å²) in [7, 11) is 0. The lowest BCUT2D eigenvalue weighted by atomic mass is 10.0. The Morgan fingerprint density at radius 3 is 2.89 bits per heavy atom. The van der Waals surface area contributed by atoms with Crippen LogP contribution >= 0.6 is 28.3 Å². The van der Waals surface area contributed by atoms with Gasteiger partial charge < -0.3 is 15.1 Å². The number of fused-ring (bicyclic) bond motifs is 1. The van der Waals surface area contributed by atoms with Crippen LogP contribution in [-0.2, 0) is 0 Å². The van der Waals surface area contributed by atoms with Crippen LogP contribution in [0.1, 0.15) is 10.6 Å². The van der Waals surface area contributed by atoms with Crippen molar-refractivity contribution in [1.82, 2.24) is 10.6 Å². The Morgan fingerprint density at radius 1 is 1.42 bits per heavy atom. The first kappa shape index (κ1) is 14.4. The average molecular weight is 346 g/mol. The molecule has 2 N–H and O–H groups in total. The van der Waals surface area contributed by atoms with E-state index in [-0.39, 0.29) is 18.3 Å². The largest absolute Gasteiger partial charge is 0.451 e. The summed E-state index contributed by atoms with van der Waals surface area (Å²) in [5.41, 5.74) is 0.730. The van der Waals surface area contributed by atoms with Crippen LogP contribution in [0.3, 0.4) is 0 Å². The fourth-order valence-corrected chi connectivity index (χ4v) is 2.32. The molecule has 4 nitrogen and oxygen atoms in total. The van der Waals surface area contributed by atoms with Crippen molar-refractivity contribution < 1.29 is 9.21 Å². The van der Waals surface area contributed by atoms with Crippen LogP contribution in [0.15, 0.2) is 33.2 Å². The van der Waals surface area contributed by atoms with E-state index in [1.165, 1.54) is 0 Å². The quantitative estimate of drug-likeness (QED) is 0.899. The van der Waals surface area contributed by atoms with E-state index >= 15 is 0 Å². The second-order valence-corrected chi connectivity index (χ2v) is 5.44. The molecule has 1 amide bonds. The molecule has 0 saturated carbocycles. The lowest BCUT2D eigenvalue weighted by Gasteiger charge is -2.26. The Bertz CT molecular complexity index is 595. The maximum atomic E-state index is 11.9. The van der Waals surface area contributed by atoms with Crippen LogP contribution < -0.4 is 10.6 Å². The van der Waals surface area contributed by atoms with Crippen LogP contribution in [0.5, 0.6) is 0 Å². The van der Waals surface area contributed by atoms with Crippen molar-refractivity contribution in [3.8, 4) is 0 Å². The molecule has 1 fully saturated rings. The molecule has 1 aromatic carbocycles.